The van der Waals surface area contributed by atoms with E-state index in [0.717, 1.165) is 29.7 Å². The Morgan fingerprint density at radius 3 is 2.71 bits per heavy atom. The zero-order chi connectivity index (χ0) is 17.1. The number of aryl methyl sites for hydroxylation is 2. The van der Waals surface area contributed by atoms with Gasteiger partial charge in [-0.2, -0.15) is 0 Å². The number of fused-ring (bicyclic) bond motifs is 2. The molecule has 0 radical (unpaired) electrons. The molecule has 0 amide bonds. The summed E-state index contributed by atoms with van der Waals surface area (Å²) in [5.41, 5.74) is 5.88. The molecule has 0 saturated carbocycles. The van der Waals surface area contributed by atoms with Gasteiger partial charge in [-0.25, -0.2) is 0 Å². The van der Waals surface area contributed by atoms with Crippen molar-refractivity contribution in [2.45, 2.75) is 39.0 Å². The van der Waals surface area contributed by atoms with Crippen LogP contribution in [0.15, 0.2) is 40.1 Å². The van der Waals surface area contributed by atoms with Crippen molar-refractivity contribution in [3.63, 3.8) is 0 Å². The van der Waals surface area contributed by atoms with Gasteiger partial charge in [0, 0.05) is 23.5 Å². The van der Waals surface area contributed by atoms with Gasteiger partial charge in [0.25, 0.3) is 5.56 Å². The highest BCUT2D eigenvalue weighted by molar-refractivity contribution is 5.81. The number of hydrogen-bond acceptors (Lipinski definition) is 2. The molecule has 0 bridgehead atoms. The largest absolute Gasteiger partial charge is 0.354 e. The summed E-state index contributed by atoms with van der Waals surface area (Å²) in [6, 6.07) is 7.71. The third kappa shape index (κ3) is 2.13. The van der Waals surface area contributed by atoms with Crippen molar-refractivity contribution in [2.24, 2.45) is 0 Å². The Morgan fingerprint density at radius 1 is 1.12 bits per heavy atom. The molecule has 2 N–H and O–H groups in total. The molecule has 1 aliphatic rings. The molecule has 2 heterocycles. The lowest BCUT2D eigenvalue weighted by Gasteiger charge is -2.20. The van der Waals surface area contributed by atoms with E-state index in [4.69, 9.17) is 0 Å². The Kier molecular flexibility index (Phi) is 3.07. The number of aromatic nitrogens is 2. The van der Waals surface area contributed by atoms with Crippen molar-refractivity contribution in [1.29, 1.82) is 0 Å². The maximum atomic E-state index is 12.4. The minimum atomic E-state index is -0.354. The van der Waals surface area contributed by atoms with Crippen LogP contribution in [0.1, 0.15) is 37.0 Å². The van der Waals surface area contributed by atoms with Crippen molar-refractivity contribution < 1.29 is 0 Å². The normalized spacial score (nSPS) is 15.6. The molecule has 0 saturated heterocycles. The first-order valence-corrected chi connectivity index (χ1v) is 8.26. The maximum absolute atomic E-state index is 12.4. The van der Waals surface area contributed by atoms with Gasteiger partial charge in [-0.05, 0) is 54.0 Å². The van der Waals surface area contributed by atoms with Crippen LogP contribution < -0.4 is 11.0 Å². The van der Waals surface area contributed by atoms with Crippen LogP contribution in [-0.2, 0) is 11.8 Å². The minimum absolute atomic E-state index is 0.182. The Balaban J connectivity index is 1.97. The lowest BCUT2D eigenvalue weighted by Crippen LogP contribution is -2.16. The fraction of sp³-hybridized carbons (Fsp3) is 0.300. The Bertz CT molecular complexity index is 1090. The van der Waals surface area contributed by atoms with Crippen LogP contribution in [0.3, 0.4) is 0 Å². The molecule has 0 aliphatic heterocycles. The zero-order valence-electron chi connectivity index (χ0n) is 14.1. The topological polar surface area (TPSA) is 65.7 Å². The fourth-order valence-corrected chi connectivity index (χ4v) is 3.82. The molecule has 0 unspecified atom stereocenters. The van der Waals surface area contributed by atoms with E-state index in [-0.39, 0.29) is 21.8 Å². The molecule has 2 aromatic heterocycles. The number of nitrogens with one attached hydrogen (secondary N) is 2. The lowest BCUT2D eigenvalue weighted by molar-refractivity contribution is 0.522. The molecule has 0 fully saturated rings. The van der Waals surface area contributed by atoms with E-state index in [1.165, 1.54) is 17.2 Å². The Labute approximate surface area is 139 Å². The molecule has 4 rings (SSSR count). The summed E-state index contributed by atoms with van der Waals surface area (Å²) >= 11 is 0. The number of benzene rings is 1. The summed E-state index contributed by atoms with van der Waals surface area (Å²) in [6.45, 7) is 6.63. The summed E-state index contributed by atoms with van der Waals surface area (Å²) in [7, 11) is 0. The average molecular weight is 320 g/mol. The van der Waals surface area contributed by atoms with Gasteiger partial charge in [-0.3, -0.25) is 9.59 Å². The molecule has 24 heavy (non-hydrogen) atoms. The van der Waals surface area contributed by atoms with E-state index < -0.39 is 0 Å². The highest BCUT2D eigenvalue weighted by atomic mass is 16.1. The van der Waals surface area contributed by atoms with Crippen LogP contribution in [0.25, 0.3) is 22.2 Å². The van der Waals surface area contributed by atoms with Gasteiger partial charge in [0.05, 0.1) is 5.52 Å². The van der Waals surface area contributed by atoms with Gasteiger partial charge in [-0.1, -0.05) is 19.9 Å². The van der Waals surface area contributed by atoms with Crippen LogP contribution in [-0.4, -0.2) is 9.97 Å². The van der Waals surface area contributed by atoms with Crippen molar-refractivity contribution in [1.82, 2.24) is 9.97 Å². The maximum Gasteiger partial charge on any atom is 0.261 e. The van der Waals surface area contributed by atoms with Gasteiger partial charge in [0.1, 0.15) is 5.39 Å². The molecular weight excluding hydrogens is 300 g/mol. The molecule has 122 valence electrons. The van der Waals surface area contributed by atoms with Crippen molar-refractivity contribution in [3.05, 3.63) is 67.7 Å². The highest BCUT2D eigenvalue weighted by Crippen LogP contribution is 2.41. The van der Waals surface area contributed by atoms with Gasteiger partial charge < -0.3 is 9.97 Å². The second-order valence-corrected chi connectivity index (χ2v) is 7.35. The summed E-state index contributed by atoms with van der Waals surface area (Å²) in [6.07, 6.45) is 3.77. The Morgan fingerprint density at radius 2 is 1.92 bits per heavy atom. The lowest BCUT2D eigenvalue weighted by atomic mass is 9.85. The Hall–Kier alpha value is -2.62. The third-order valence-corrected chi connectivity index (χ3v) is 5.24. The van der Waals surface area contributed by atoms with Gasteiger partial charge in [0.15, 0.2) is 5.43 Å². The highest BCUT2D eigenvalue weighted by Gasteiger charge is 2.30. The third-order valence-electron chi connectivity index (χ3n) is 5.24. The SMILES string of the molecule is Cc1cc2c(cc1-c1cc(=O)c3c(=O)[nH]ccc3[nH]1)CCC2(C)C. The van der Waals surface area contributed by atoms with Gasteiger partial charge >= 0.3 is 0 Å². The van der Waals surface area contributed by atoms with E-state index in [1.807, 2.05) is 0 Å². The summed E-state index contributed by atoms with van der Waals surface area (Å²) in [5, 5.41) is 0.182. The molecule has 0 atom stereocenters. The first kappa shape index (κ1) is 14.9. The molecule has 3 aromatic rings. The molecule has 1 aliphatic carbocycles. The second kappa shape index (κ2) is 4.94. The zero-order valence-corrected chi connectivity index (χ0v) is 14.1. The van der Waals surface area contributed by atoms with Crippen molar-refractivity contribution in [2.75, 3.05) is 0 Å². The fourth-order valence-electron chi connectivity index (χ4n) is 3.82. The summed E-state index contributed by atoms with van der Waals surface area (Å²) in [4.78, 5) is 30.1. The van der Waals surface area contributed by atoms with Crippen molar-refractivity contribution in [3.8, 4) is 11.3 Å². The smallest absolute Gasteiger partial charge is 0.261 e. The summed E-state index contributed by atoms with van der Waals surface area (Å²) < 4.78 is 0. The molecule has 4 nitrogen and oxygen atoms in total. The van der Waals surface area contributed by atoms with Gasteiger partial charge in [-0.15, -0.1) is 0 Å². The van der Waals surface area contributed by atoms with E-state index in [2.05, 4.69) is 42.9 Å². The monoisotopic (exact) mass is 320 g/mol. The number of H-pyrrole nitrogens is 2. The number of rotatable bonds is 1. The van der Waals surface area contributed by atoms with Crippen LogP contribution >= 0.6 is 0 Å². The molecular formula is C20H20N2O2. The quantitative estimate of drug-likeness (QED) is 0.721. The van der Waals surface area contributed by atoms with E-state index >= 15 is 0 Å². The van der Waals surface area contributed by atoms with Gasteiger partial charge in [0.2, 0.25) is 0 Å². The number of aromatic amines is 2. The van der Waals surface area contributed by atoms with Crippen LogP contribution in [0.4, 0.5) is 0 Å². The predicted molar refractivity (Wildman–Crippen MR) is 96.7 cm³/mol. The minimum Gasteiger partial charge on any atom is -0.354 e. The van der Waals surface area contributed by atoms with E-state index in [1.54, 1.807) is 12.3 Å². The van der Waals surface area contributed by atoms with Crippen LogP contribution in [0, 0.1) is 6.92 Å². The van der Waals surface area contributed by atoms with Crippen LogP contribution in [0.2, 0.25) is 0 Å². The number of pyridine rings is 2. The molecule has 0 spiro atoms. The number of hydrogen-bond donors (Lipinski definition) is 2. The predicted octanol–water partition coefficient (Wildman–Crippen LogP) is 3.42. The first-order chi connectivity index (χ1) is 11.4. The second-order valence-electron chi connectivity index (χ2n) is 7.35. The van der Waals surface area contributed by atoms with Crippen molar-refractivity contribution >= 4 is 10.9 Å². The molecule has 1 aromatic carbocycles. The van der Waals surface area contributed by atoms with Crippen LogP contribution in [0.5, 0.6) is 0 Å². The van der Waals surface area contributed by atoms with E-state index in [9.17, 15) is 9.59 Å². The first-order valence-electron chi connectivity index (χ1n) is 8.26. The van der Waals surface area contributed by atoms with E-state index in [0.29, 0.717) is 5.52 Å². The summed E-state index contributed by atoms with van der Waals surface area (Å²) in [5.74, 6) is 0. The molecule has 4 heteroatoms. The standard InChI is InChI=1S/C20H20N2O2/c1-11-8-14-12(4-6-20(14,2)3)9-13(11)16-10-17(23)18-15(22-16)5-7-21-19(18)24/h5,7-10H,4,6H2,1-3H3,(H,21,24)(H,22,23). The average Bonchev–Trinajstić information content (AvgIpc) is 2.81.